The van der Waals surface area contributed by atoms with Crippen molar-refractivity contribution < 1.29 is 0 Å². The van der Waals surface area contributed by atoms with Crippen LogP contribution in [-0.2, 0) is 0 Å². The first-order valence-electron chi connectivity index (χ1n) is 6.77. The molecule has 2 N–H and O–H groups in total. The maximum atomic E-state index is 8.93. The fourth-order valence-corrected chi connectivity index (χ4v) is 1.84. The Balaban J connectivity index is 2.25. The van der Waals surface area contributed by atoms with Gasteiger partial charge in [-0.3, -0.25) is 0 Å². The highest BCUT2D eigenvalue weighted by atomic mass is 15.2. The molecule has 0 unspecified atom stereocenters. The number of benzene rings is 1. The smallest absolute Gasteiger partial charge is 0.225 e. The minimum Gasteiger partial charge on any atom is -0.350 e. The number of nitrogens with zero attached hydrogens (tertiary/aromatic N) is 3. The van der Waals surface area contributed by atoms with Crippen molar-refractivity contribution in [2.45, 2.75) is 33.2 Å². The molecule has 5 heteroatoms. The van der Waals surface area contributed by atoms with Crippen LogP contribution in [0.25, 0.3) is 0 Å². The van der Waals surface area contributed by atoms with Crippen LogP contribution in [0.2, 0.25) is 0 Å². The number of nitrogens with one attached hydrogen (secondary N) is 2. The second-order valence-corrected chi connectivity index (χ2v) is 5.91. The van der Waals surface area contributed by atoms with Crippen molar-refractivity contribution in [3.05, 3.63) is 41.6 Å². The Hall–Kier alpha value is -2.61. The van der Waals surface area contributed by atoms with E-state index >= 15 is 0 Å². The lowest BCUT2D eigenvalue weighted by Gasteiger charge is -2.21. The summed E-state index contributed by atoms with van der Waals surface area (Å²) in [6.07, 6.45) is 0. The number of anilines is 3. The van der Waals surface area contributed by atoms with Crippen LogP contribution < -0.4 is 10.6 Å². The van der Waals surface area contributed by atoms with E-state index in [9.17, 15) is 0 Å². The summed E-state index contributed by atoms with van der Waals surface area (Å²) in [6.45, 7) is 8.10. The van der Waals surface area contributed by atoms with E-state index in [1.807, 2.05) is 25.1 Å². The van der Waals surface area contributed by atoms with Crippen LogP contribution in [0.4, 0.5) is 17.5 Å². The normalized spacial score (nSPS) is 10.8. The largest absolute Gasteiger partial charge is 0.350 e. The molecular weight excluding hydrogens is 262 g/mol. The zero-order valence-corrected chi connectivity index (χ0v) is 12.7. The van der Waals surface area contributed by atoms with E-state index in [2.05, 4.69) is 47.4 Å². The molecule has 108 valence electrons. The average molecular weight is 281 g/mol. The summed E-state index contributed by atoms with van der Waals surface area (Å²) in [7, 11) is 0. The van der Waals surface area contributed by atoms with Crippen LogP contribution in [0.1, 0.15) is 32.0 Å². The summed E-state index contributed by atoms with van der Waals surface area (Å²) in [5.41, 5.74) is 2.20. The number of aryl methyl sites for hydroxylation is 1. The standard InChI is InChI=1S/C16H19N5/c1-11-8-14(20-15(18-11)21-16(2,3)4)19-13-7-5-6-12(9-13)10-17/h5-9H,1-4H3,(H2,18,19,20,21). The second-order valence-electron chi connectivity index (χ2n) is 5.91. The molecule has 0 saturated carbocycles. The molecule has 1 heterocycles. The third-order valence-electron chi connectivity index (χ3n) is 2.61. The Morgan fingerprint density at radius 1 is 1.14 bits per heavy atom. The van der Waals surface area contributed by atoms with Crippen molar-refractivity contribution in [3.8, 4) is 6.07 Å². The van der Waals surface area contributed by atoms with Crippen molar-refractivity contribution >= 4 is 17.5 Å². The molecule has 0 saturated heterocycles. The number of rotatable bonds is 3. The van der Waals surface area contributed by atoms with Gasteiger partial charge in [-0.2, -0.15) is 10.2 Å². The number of hydrogen-bond acceptors (Lipinski definition) is 5. The Morgan fingerprint density at radius 2 is 1.90 bits per heavy atom. The van der Waals surface area contributed by atoms with Crippen molar-refractivity contribution in [1.82, 2.24) is 9.97 Å². The van der Waals surface area contributed by atoms with Gasteiger partial charge < -0.3 is 10.6 Å². The summed E-state index contributed by atoms with van der Waals surface area (Å²) >= 11 is 0. The summed E-state index contributed by atoms with van der Waals surface area (Å²) in [5, 5.41) is 15.4. The van der Waals surface area contributed by atoms with Crippen molar-refractivity contribution in [1.29, 1.82) is 5.26 Å². The van der Waals surface area contributed by atoms with Crippen molar-refractivity contribution in [2.24, 2.45) is 0 Å². The van der Waals surface area contributed by atoms with Crippen LogP contribution >= 0.6 is 0 Å². The molecule has 0 aliphatic heterocycles. The van der Waals surface area contributed by atoms with Crippen LogP contribution in [0.5, 0.6) is 0 Å². The Labute approximate surface area is 125 Å². The quantitative estimate of drug-likeness (QED) is 0.899. The summed E-state index contributed by atoms with van der Waals surface area (Å²) < 4.78 is 0. The fourth-order valence-electron chi connectivity index (χ4n) is 1.84. The molecule has 0 radical (unpaired) electrons. The first kappa shape index (κ1) is 14.8. The van der Waals surface area contributed by atoms with E-state index in [1.165, 1.54) is 0 Å². The molecule has 0 aliphatic carbocycles. The minimum atomic E-state index is -0.105. The Kier molecular flexibility index (Phi) is 4.08. The molecule has 5 nitrogen and oxygen atoms in total. The van der Waals surface area contributed by atoms with E-state index in [4.69, 9.17) is 5.26 Å². The maximum Gasteiger partial charge on any atom is 0.225 e. The van der Waals surface area contributed by atoms with Crippen LogP contribution in [0.15, 0.2) is 30.3 Å². The van der Waals surface area contributed by atoms with Gasteiger partial charge >= 0.3 is 0 Å². The van der Waals surface area contributed by atoms with Crippen LogP contribution in [0, 0.1) is 18.3 Å². The zero-order valence-electron chi connectivity index (χ0n) is 12.7. The molecule has 0 fully saturated rings. The van der Waals surface area contributed by atoms with Gasteiger partial charge in [0.1, 0.15) is 5.82 Å². The predicted molar refractivity (Wildman–Crippen MR) is 84.6 cm³/mol. The van der Waals surface area contributed by atoms with Crippen molar-refractivity contribution in [3.63, 3.8) is 0 Å². The van der Waals surface area contributed by atoms with E-state index in [1.54, 1.807) is 12.1 Å². The van der Waals surface area contributed by atoms with Gasteiger partial charge in [0.25, 0.3) is 0 Å². The predicted octanol–water partition coefficient (Wildman–Crippen LogP) is 3.61. The number of hydrogen-bond donors (Lipinski definition) is 2. The van der Waals surface area contributed by atoms with Gasteiger partial charge in [0, 0.05) is 23.0 Å². The first-order chi connectivity index (χ1) is 9.85. The van der Waals surface area contributed by atoms with Gasteiger partial charge in [-0.15, -0.1) is 0 Å². The highest BCUT2D eigenvalue weighted by molar-refractivity contribution is 5.59. The maximum absolute atomic E-state index is 8.93. The highest BCUT2D eigenvalue weighted by Crippen LogP contribution is 2.19. The van der Waals surface area contributed by atoms with Crippen LogP contribution in [-0.4, -0.2) is 15.5 Å². The van der Waals surface area contributed by atoms with E-state index in [0.29, 0.717) is 17.3 Å². The molecule has 0 atom stereocenters. The van der Waals surface area contributed by atoms with E-state index in [-0.39, 0.29) is 5.54 Å². The summed E-state index contributed by atoms with van der Waals surface area (Å²) in [5.74, 6) is 1.28. The molecule has 21 heavy (non-hydrogen) atoms. The minimum absolute atomic E-state index is 0.105. The van der Waals surface area contributed by atoms with E-state index < -0.39 is 0 Å². The van der Waals surface area contributed by atoms with Gasteiger partial charge in [-0.1, -0.05) is 6.07 Å². The van der Waals surface area contributed by atoms with Gasteiger partial charge in [0.05, 0.1) is 11.6 Å². The average Bonchev–Trinajstić information content (AvgIpc) is 2.36. The fraction of sp³-hybridized carbons (Fsp3) is 0.312. The molecule has 2 aromatic rings. The molecule has 1 aromatic heterocycles. The van der Waals surface area contributed by atoms with Gasteiger partial charge in [-0.05, 0) is 45.9 Å². The van der Waals surface area contributed by atoms with E-state index in [0.717, 1.165) is 11.4 Å². The molecule has 0 spiro atoms. The summed E-state index contributed by atoms with van der Waals surface area (Å²) in [4.78, 5) is 8.83. The zero-order chi connectivity index (χ0) is 15.5. The summed E-state index contributed by atoms with van der Waals surface area (Å²) in [6, 6.07) is 11.3. The SMILES string of the molecule is Cc1cc(Nc2cccc(C#N)c2)nc(NC(C)(C)C)n1. The molecule has 2 rings (SSSR count). The molecule has 0 aliphatic rings. The third kappa shape index (κ3) is 4.46. The molecule has 1 aromatic carbocycles. The van der Waals surface area contributed by atoms with Crippen molar-refractivity contribution in [2.75, 3.05) is 10.6 Å². The van der Waals surface area contributed by atoms with Gasteiger partial charge in [-0.25, -0.2) is 4.98 Å². The third-order valence-corrected chi connectivity index (χ3v) is 2.61. The first-order valence-corrected chi connectivity index (χ1v) is 6.77. The Morgan fingerprint density at radius 3 is 2.57 bits per heavy atom. The van der Waals surface area contributed by atoms with Crippen LogP contribution in [0.3, 0.4) is 0 Å². The lowest BCUT2D eigenvalue weighted by Crippen LogP contribution is -2.27. The molecular formula is C16H19N5. The van der Waals surface area contributed by atoms with Gasteiger partial charge in [0.2, 0.25) is 5.95 Å². The molecule has 0 bridgehead atoms. The lowest BCUT2D eigenvalue weighted by molar-refractivity contribution is 0.625. The Bertz CT molecular complexity index is 680. The number of aromatic nitrogens is 2. The lowest BCUT2D eigenvalue weighted by atomic mass is 10.1. The topological polar surface area (TPSA) is 73.6 Å². The highest BCUT2D eigenvalue weighted by Gasteiger charge is 2.12. The number of nitriles is 1. The second kappa shape index (κ2) is 5.80. The monoisotopic (exact) mass is 281 g/mol. The molecule has 0 amide bonds. The van der Waals surface area contributed by atoms with Gasteiger partial charge in [0.15, 0.2) is 0 Å².